The molecule has 0 unspecified atom stereocenters. The summed E-state index contributed by atoms with van der Waals surface area (Å²) in [5, 5.41) is 3.41. The molecule has 1 aromatic rings. The standard InChI is InChI=1S/C18H26N2O3/c1-12-14-6-9-20(17(21)23-18(2,3)4)8-5-13(14)11-15-16(12)22-10-7-19-15/h11,19H,5-10H2,1-4H3. The van der Waals surface area contributed by atoms with Gasteiger partial charge in [0.05, 0.1) is 5.69 Å². The summed E-state index contributed by atoms with van der Waals surface area (Å²) >= 11 is 0. The Morgan fingerprint density at radius 1 is 1.30 bits per heavy atom. The van der Waals surface area contributed by atoms with Crippen molar-refractivity contribution in [3.8, 4) is 5.75 Å². The molecule has 0 aliphatic carbocycles. The molecule has 0 radical (unpaired) electrons. The number of nitrogens with one attached hydrogen (secondary N) is 1. The predicted molar refractivity (Wildman–Crippen MR) is 90.4 cm³/mol. The molecule has 2 aliphatic rings. The summed E-state index contributed by atoms with van der Waals surface area (Å²) in [5.74, 6) is 0.973. The first kappa shape index (κ1) is 16.0. The summed E-state index contributed by atoms with van der Waals surface area (Å²) in [6.45, 7) is 10.8. The van der Waals surface area contributed by atoms with Gasteiger partial charge >= 0.3 is 6.09 Å². The van der Waals surface area contributed by atoms with E-state index in [2.05, 4.69) is 18.3 Å². The second-order valence-corrected chi connectivity index (χ2v) is 7.26. The second kappa shape index (κ2) is 5.95. The summed E-state index contributed by atoms with van der Waals surface area (Å²) in [6.07, 6.45) is 1.48. The summed E-state index contributed by atoms with van der Waals surface area (Å²) in [5.41, 5.74) is 4.46. The number of anilines is 1. The molecule has 0 spiro atoms. The number of fused-ring (bicyclic) bond motifs is 2. The van der Waals surface area contributed by atoms with E-state index in [9.17, 15) is 4.79 Å². The van der Waals surface area contributed by atoms with Gasteiger partial charge in [-0.25, -0.2) is 4.79 Å². The van der Waals surface area contributed by atoms with Crippen LogP contribution in [0.2, 0.25) is 0 Å². The smallest absolute Gasteiger partial charge is 0.410 e. The SMILES string of the molecule is Cc1c2c(cc3c1OCCN3)CCN(C(=O)OC(C)(C)C)CC2. The number of nitrogens with zero attached hydrogens (tertiary/aromatic N) is 1. The molecule has 23 heavy (non-hydrogen) atoms. The number of hydrogen-bond acceptors (Lipinski definition) is 4. The third-order valence-corrected chi connectivity index (χ3v) is 4.34. The van der Waals surface area contributed by atoms with E-state index in [1.54, 1.807) is 0 Å². The van der Waals surface area contributed by atoms with Crippen molar-refractivity contribution in [2.24, 2.45) is 0 Å². The molecule has 0 saturated heterocycles. The largest absolute Gasteiger partial charge is 0.489 e. The maximum absolute atomic E-state index is 12.3. The zero-order chi connectivity index (χ0) is 16.6. The molecule has 126 valence electrons. The van der Waals surface area contributed by atoms with Crippen molar-refractivity contribution in [2.45, 2.75) is 46.1 Å². The lowest BCUT2D eigenvalue weighted by atomic mass is 9.95. The summed E-state index contributed by atoms with van der Waals surface area (Å²) in [4.78, 5) is 14.1. The van der Waals surface area contributed by atoms with Crippen molar-refractivity contribution < 1.29 is 14.3 Å². The van der Waals surface area contributed by atoms with E-state index in [1.165, 1.54) is 16.7 Å². The maximum Gasteiger partial charge on any atom is 0.410 e. The van der Waals surface area contributed by atoms with Crippen LogP contribution in [0.5, 0.6) is 5.75 Å². The third-order valence-electron chi connectivity index (χ3n) is 4.34. The number of rotatable bonds is 0. The first-order valence-electron chi connectivity index (χ1n) is 8.35. The fourth-order valence-corrected chi connectivity index (χ4v) is 3.26. The van der Waals surface area contributed by atoms with Gasteiger partial charge < -0.3 is 19.7 Å². The molecular weight excluding hydrogens is 292 g/mol. The normalized spacial score (nSPS) is 17.3. The molecule has 1 N–H and O–H groups in total. The highest BCUT2D eigenvalue weighted by molar-refractivity contribution is 5.69. The van der Waals surface area contributed by atoms with E-state index in [4.69, 9.17) is 9.47 Å². The van der Waals surface area contributed by atoms with Crippen LogP contribution in [0, 0.1) is 6.92 Å². The van der Waals surface area contributed by atoms with Gasteiger partial charge in [0.25, 0.3) is 0 Å². The van der Waals surface area contributed by atoms with Crippen molar-refractivity contribution in [1.29, 1.82) is 0 Å². The molecule has 2 heterocycles. The first-order valence-corrected chi connectivity index (χ1v) is 8.35. The quantitative estimate of drug-likeness (QED) is 0.798. The molecule has 0 bridgehead atoms. The Balaban J connectivity index is 1.80. The van der Waals surface area contributed by atoms with Crippen LogP contribution in [0.4, 0.5) is 10.5 Å². The van der Waals surface area contributed by atoms with E-state index >= 15 is 0 Å². The highest BCUT2D eigenvalue weighted by Gasteiger charge is 2.26. The Morgan fingerprint density at radius 3 is 2.78 bits per heavy atom. The van der Waals surface area contributed by atoms with Gasteiger partial charge in [0.1, 0.15) is 18.0 Å². The van der Waals surface area contributed by atoms with E-state index < -0.39 is 5.60 Å². The third kappa shape index (κ3) is 3.38. The lowest BCUT2D eigenvalue weighted by molar-refractivity contribution is 0.0258. The number of carbonyl (C=O) groups excluding carboxylic acids is 1. The van der Waals surface area contributed by atoms with Crippen molar-refractivity contribution in [1.82, 2.24) is 4.90 Å². The van der Waals surface area contributed by atoms with Crippen molar-refractivity contribution in [3.05, 3.63) is 22.8 Å². The predicted octanol–water partition coefficient (Wildman–Crippen LogP) is 3.14. The lowest BCUT2D eigenvalue weighted by Crippen LogP contribution is -2.38. The van der Waals surface area contributed by atoms with Gasteiger partial charge in [0.15, 0.2) is 0 Å². The minimum atomic E-state index is -0.455. The van der Waals surface area contributed by atoms with E-state index in [0.29, 0.717) is 19.7 Å². The molecule has 1 amide bonds. The highest BCUT2D eigenvalue weighted by atomic mass is 16.6. The Hall–Kier alpha value is -1.91. The molecule has 5 heteroatoms. The molecule has 0 aromatic heterocycles. The zero-order valence-electron chi connectivity index (χ0n) is 14.5. The van der Waals surface area contributed by atoms with Crippen LogP contribution < -0.4 is 10.1 Å². The Morgan fingerprint density at radius 2 is 2.04 bits per heavy atom. The van der Waals surface area contributed by atoms with Crippen LogP contribution in [-0.2, 0) is 17.6 Å². The molecule has 5 nitrogen and oxygen atoms in total. The summed E-state index contributed by atoms with van der Waals surface area (Å²) < 4.78 is 11.3. The van der Waals surface area contributed by atoms with Crippen molar-refractivity contribution >= 4 is 11.8 Å². The molecule has 3 rings (SSSR count). The lowest BCUT2D eigenvalue weighted by Gasteiger charge is -2.26. The van der Waals surface area contributed by atoms with Crippen LogP contribution in [0.1, 0.15) is 37.5 Å². The molecule has 2 aliphatic heterocycles. The van der Waals surface area contributed by atoms with Gasteiger partial charge in [-0.3, -0.25) is 0 Å². The van der Waals surface area contributed by atoms with E-state index in [-0.39, 0.29) is 6.09 Å². The Labute approximate surface area is 137 Å². The van der Waals surface area contributed by atoms with Crippen molar-refractivity contribution in [3.63, 3.8) is 0 Å². The van der Waals surface area contributed by atoms with Gasteiger partial charge in [-0.2, -0.15) is 0 Å². The average Bonchev–Trinajstić information content (AvgIpc) is 2.68. The van der Waals surface area contributed by atoms with Gasteiger partial charge in [0.2, 0.25) is 0 Å². The number of hydrogen-bond donors (Lipinski definition) is 1. The average molecular weight is 318 g/mol. The highest BCUT2D eigenvalue weighted by Crippen LogP contribution is 2.37. The van der Waals surface area contributed by atoms with Gasteiger partial charge in [-0.1, -0.05) is 0 Å². The van der Waals surface area contributed by atoms with Gasteiger partial charge in [-0.15, -0.1) is 0 Å². The second-order valence-electron chi connectivity index (χ2n) is 7.26. The molecule has 1 aromatic carbocycles. The van der Waals surface area contributed by atoms with E-state index in [0.717, 1.165) is 30.8 Å². The van der Waals surface area contributed by atoms with Crippen LogP contribution in [0.25, 0.3) is 0 Å². The Bertz CT molecular complexity index is 620. The molecular formula is C18H26N2O3. The van der Waals surface area contributed by atoms with Gasteiger partial charge in [0, 0.05) is 19.6 Å². The monoisotopic (exact) mass is 318 g/mol. The molecule has 0 fully saturated rings. The van der Waals surface area contributed by atoms with Crippen LogP contribution in [0.3, 0.4) is 0 Å². The zero-order valence-corrected chi connectivity index (χ0v) is 14.5. The van der Waals surface area contributed by atoms with Crippen LogP contribution >= 0.6 is 0 Å². The van der Waals surface area contributed by atoms with Crippen LogP contribution in [-0.4, -0.2) is 42.8 Å². The number of benzene rings is 1. The van der Waals surface area contributed by atoms with Gasteiger partial charge in [-0.05, 0) is 63.3 Å². The maximum atomic E-state index is 12.3. The fraction of sp³-hybridized carbons (Fsp3) is 0.611. The first-order chi connectivity index (χ1) is 10.8. The minimum absolute atomic E-state index is 0.220. The van der Waals surface area contributed by atoms with Crippen molar-refractivity contribution in [2.75, 3.05) is 31.6 Å². The minimum Gasteiger partial charge on any atom is -0.489 e. The summed E-state index contributed by atoms with van der Waals surface area (Å²) in [7, 11) is 0. The summed E-state index contributed by atoms with van der Waals surface area (Å²) in [6, 6.07) is 2.19. The number of carbonyl (C=O) groups is 1. The number of amides is 1. The Kier molecular flexibility index (Phi) is 4.13. The fourth-order valence-electron chi connectivity index (χ4n) is 3.26. The van der Waals surface area contributed by atoms with E-state index in [1.807, 2.05) is 25.7 Å². The molecule has 0 saturated carbocycles. The molecule has 0 atom stereocenters. The van der Waals surface area contributed by atoms with Crippen LogP contribution in [0.15, 0.2) is 6.07 Å². The number of ether oxygens (including phenoxy) is 2. The topological polar surface area (TPSA) is 50.8 Å².